The van der Waals surface area contributed by atoms with Crippen molar-refractivity contribution in [3.8, 4) is 11.5 Å². The molecule has 154 valence electrons. The monoisotopic (exact) mass is 420 g/mol. The lowest BCUT2D eigenvalue weighted by molar-refractivity contribution is -0.124. The van der Waals surface area contributed by atoms with Crippen molar-refractivity contribution >= 4 is 22.9 Å². The van der Waals surface area contributed by atoms with Gasteiger partial charge in [-0.1, -0.05) is 24.3 Å². The van der Waals surface area contributed by atoms with Crippen molar-refractivity contribution in [3.63, 3.8) is 0 Å². The third kappa shape index (κ3) is 2.82. The SMILES string of the molecule is CCOc1ccc2c(c1)OC(C)(C)CC21C(=O)N(Cc2nccs2)c2ccccc21. The van der Waals surface area contributed by atoms with E-state index in [4.69, 9.17) is 9.47 Å². The van der Waals surface area contributed by atoms with Crippen LogP contribution in [0.1, 0.15) is 43.3 Å². The Balaban J connectivity index is 1.70. The maximum absolute atomic E-state index is 14.1. The van der Waals surface area contributed by atoms with E-state index >= 15 is 0 Å². The Labute approximate surface area is 180 Å². The van der Waals surface area contributed by atoms with Gasteiger partial charge in [0.15, 0.2) is 0 Å². The van der Waals surface area contributed by atoms with E-state index in [2.05, 4.69) is 11.1 Å². The fourth-order valence-corrected chi connectivity index (χ4v) is 5.45. The number of carbonyl (C=O) groups is 1. The minimum atomic E-state index is -0.782. The molecule has 5 rings (SSSR count). The lowest BCUT2D eigenvalue weighted by Crippen LogP contribution is -2.50. The van der Waals surface area contributed by atoms with Gasteiger partial charge in [0, 0.05) is 35.3 Å². The average molecular weight is 421 g/mol. The molecule has 0 N–H and O–H groups in total. The van der Waals surface area contributed by atoms with Gasteiger partial charge in [-0.05, 0) is 38.5 Å². The molecule has 3 aromatic rings. The molecule has 1 aromatic heterocycles. The highest BCUT2D eigenvalue weighted by atomic mass is 32.1. The predicted molar refractivity (Wildman–Crippen MR) is 117 cm³/mol. The Morgan fingerprint density at radius 2 is 2.03 bits per heavy atom. The fourth-order valence-electron chi connectivity index (χ4n) is 4.84. The molecule has 1 amide bonds. The number of carbonyl (C=O) groups excluding carboxylic acids is 1. The summed E-state index contributed by atoms with van der Waals surface area (Å²) in [5.74, 6) is 1.56. The van der Waals surface area contributed by atoms with Gasteiger partial charge < -0.3 is 14.4 Å². The summed E-state index contributed by atoms with van der Waals surface area (Å²) in [6.45, 7) is 7.10. The highest BCUT2D eigenvalue weighted by Gasteiger charge is 2.58. The standard InChI is InChI=1S/C24H24N2O3S/c1-4-28-16-9-10-18-20(13-16)29-23(2,3)15-24(18)17-7-5-6-8-19(17)26(22(24)27)14-21-25-11-12-30-21/h5-13H,4,14-15H2,1-3H3. The van der Waals surface area contributed by atoms with E-state index in [1.165, 1.54) is 0 Å². The minimum Gasteiger partial charge on any atom is -0.494 e. The Hall–Kier alpha value is -2.86. The molecular weight excluding hydrogens is 396 g/mol. The van der Waals surface area contributed by atoms with Crippen LogP contribution in [0.2, 0.25) is 0 Å². The zero-order chi connectivity index (χ0) is 20.9. The fraction of sp³-hybridized carbons (Fsp3) is 0.333. The number of anilines is 1. The number of nitrogens with zero attached hydrogens (tertiary/aromatic N) is 2. The smallest absolute Gasteiger partial charge is 0.242 e. The van der Waals surface area contributed by atoms with Gasteiger partial charge in [-0.15, -0.1) is 11.3 Å². The van der Waals surface area contributed by atoms with E-state index < -0.39 is 11.0 Å². The van der Waals surface area contributed by atoms with Crippen LogP contribution >= 0.6 is 11.3 Å². The molecule has 0 radical (unpaired) electrons. The summed E-state index contributed by atoms with van der Waals surface area (Å²) in [6.07, 6.45) is 2.36. The maximum atomic E-state index is 14.1. The highest BCUT2D eigenvalue weighted by Crippen LogP contribution is 2.56. The molecule has 0 bridgehead atoms. The van der Waals surface area contributed by atoms with Gasteiger partial charge in [-0.3, -0.25) is 4.79 Å². The summed E-state index contributed by atoms with van der Waals surface area (Å²) in [5.41, 5.74) is 1.61. The molecule has 0 saturated carbocycles. The Kier molecular flexibility index (Phi) is 4.36. The summed E-state index contributed by atoms with van der Waals surface area (Å²) in [6, 6.07) is 14.0. The van der Waals surface area contributed by atoms with Crippen molar-refractivity contribution in [1.82, 2.24) is 4.98 Å². The lowest BCUT2D eigenvalue weighted by atomic mass is 9.67. The first-order valence-corrected chi connectivity index (χ1v) is 11.1. The normalized spacial score (nSPS) is 21.3. The zero-order valence-electron chi connectivity index (χ0n) is 17.3. The molecule has 1 spiro atoms. The van der Waals surface area contributed by atoms with Crippen LogP contribution in [-0.2, 0) is 16.8 Å². The molecule has 1 unspecified atom stereocenters. The van der Waals surface area contributed by atoms with Crippen LogP contribution in [0.25, 0.3) is 0 Å². The molecule has 2 aromatic carbocycles. The second-order valence-corrected chi connectivity index (χ2v) is 9.35. The maximum Gasteiger partial charge on any atom is 0.242 e. The quantitative estimate of drug-likeness (QED) is 0.600. The van der Waals surface area contributed by atoms with Crippen molar-refractivity contribution in [2.24, 2.45) is 0 Å². The molecule has 0 fully saturated rings. The number of rotatable bonds is 4. The number of aromatic nitrogens is 1. The first kappa shape index (κ1) is 19.1. The minimum absolute atomic E-state index is 0.0840. The molecular formula is C24H24N2O3S. The van der Waals surface area contributed by atoms with Crippen LogP contribution in [0.15, 0.2) is 54.0 Å². The number of benzene rings is 2. The van der Waals surface area contributed by atoms with E-state index in [1.807, 2.05) is 67.4 Å². The van der Waals surface area contributed by atoms with Crippen LogP contribution in [-0.4, -0.2) is 23.1 Å². The first-order valence-electron chi connectivity index (χ1n) is 10.2. The van der Waals surface area contributed by atoms with E-state index in [0.717, 1.165) is 33.3 Å². The Morgan fingerprint density at radius 1 is 1.20 bits per heavy atom. The molecule has 0 saturated heterocycles. The van der Waals surface area contributed by atoms with Crippen molar-refractivity contribution < 1.29 is 14.3 Å². The summed E-state index contributed by atoms with van der Waals surface area (Å²) >= 11 is 1.57. The highest BCUT2D eigenvalue weighted by molar-refractivity contribution is 7.09. The molecule has 1 atom stereocenters. The summed E-state index contributed by atoms with van der Waals surface area (Å²) < 4.78 is 12.0. The molecule has 0 aliphatic carbocycles. The van der Waals surface area contributed by atoms with Crippen LogP contribution in [0.4, 0.5) is 5.69 Å². The van der Waals surface area contributed by atoms with Gasteiger partial charge in [-0.25, -0.2) is 4.98 Å². The number of fused-ring (bicyclic) bond motifs is 4. The number of amides is 1. The van der Waals surface area contributed by atoms with Crippen molar-refractivity contribution in [2.75, 3.05) is 11.5 Å². The second kappa shape index (κ2) is 6.84. The van der Waals surface area contributed by atoms with Gasteiger partial charge in [0.25, 0.3) is 0 Å². The average Bonchev–Trinajstić information content (AvgIpc) is 3.30. The number of thiazole rings is 1. The molecule has 2 aliphatic heterocycles. The Bertz CT molecular complexity index is 1110. The topological polar surface area (TPSA) is 51.7 Å². The first-order chi connectivity index (χ1) is 14.4. The largest absolute Gasteiger partial charge is 0.494 e. The van der Waals surface area contributed by atoms with Crippen LogP contribution < -0.4 is 14.4 Å². The van der Waals surface area contributed by atoms with Crippen molar-refractivity contribution in [3.05, 3.63) is 70.2 Å². The van der Waals surface area contributed by atoms with E-state index in [-0.39, 0.29) is 5.91 Å². The summed E-state index contributed by atoms with van der Waals surface area (Å²) in [7, 11) is 0. The summed E-state index contributed by atoms with van der Waals surface area (Å²) in [4.78, 5) is 20.4. The third-order valence-electron chi connectivity index (χ3n) is 5.84. The molecule has 5 nitrogen and oxygen atoms in total. The molecule has 6 heteroatoms. The number of ether oxygens (including phenoxy) is 2. The third-order valence-corrected chi connectivity index (χ3v) is 6.61. The number of para-hydroxylation sites is 1. The molecule has 3 heterocycles. The zero-order valence-corrected chi connectivity index (χ0v) is 18.2. The van der Waals surface area contributed by atoms with Crippen LogP contribution in [0.3, 0.4) is 0 Å². The van der Waals surface area contributed by atoms with E-state index in [1.54, 1.807) is 17.5 Å². The van der Waals surface area contributed by atoms with Crippen LogP contribution in [0.5, 0.6) is 11.5 Å². The predicted octanol–water partition coefficient (Wildman–Crippen LogP) is 4.94. The van der Waals surface area contributed by atoms with Crippen molar-refractivity contribution in [2.45, 2.75) is 44.8 Å². The lowest BCUT2D eigenvalue weighted by Gasteiger charge is -2.43. The van der Waals surface area contributed by atoms with E-state index in [0.29, 0.717) is 19.6 Å². The number of hydrogen-bond donors (Lipinski definition) is 0. The van der Waals surface area contributed by atoms with Gasteiger partial charge in [0.05, 0.1) is 13.2 Å². The summed E-state index contributed by atoms with van der Waals surface area (Å²) in [5, 5.41) is 2.87. The van der Waals surface area contributed by atoms with Gasteiger partial charge in [0.1, 0.15) is 27.5 Å². The molecule has 30 heavy (non-hydrogen) atoms. The Morgan fingerprint density at radius 3 is 2.80 bits per heavy atom. The molecule has 2 aliphatic rings. The van der Waals surface area contributed by atoms with Crippen molar-refractivity contribution in [1.29, 1.82) is 0 Å². The second-order valence-electron chi connectivity index (χ2n) is 8.37. The van der Waals surface area contributed by atoms with Gasteiger partial charge in [-0.2, -0.15) is 0 Å². The number of hydrogen-bond acceptors (Lipinski definition) is 5. The van der Waals surface area contributed by atoms with Gasteiger partial charge in [0.2, 0.25) is 5.91 Å². The van der Waals surface area contributed by atoms with E-state index in [9.17, 15) is 4.79 Å². The van der Waals surface area contributed by atoms with Crippen LogP contribution in [0, 0.1) is 0 Å². The van der Waals surface area contributed by atoms with Gasteiger partial charge >= 0.3 is 0 Å².